The van der Waals surface area contributed by atoms with Gasteiger partial charge in [0.25, 0.3) is 0 Å². The first-order chi connectivity index (χ1) is 14.2. The summed E-state index contributed by atoms with van der Waals surface area (Å²) in [6.07, 6.45) is 0.367. The molecule has 2 aliphatic rings. The van der Waals surface area contributed by atoms with Crippen molar-refractivity contribution in [1.29, 1.82) is 0 Å². The minimum Gasteiger partial charge on any atom is -0.497 e. The first-order valence-electron chi connectivity index (χ1n) is 9.58. The normalized spacial score (nSPS) is 19.8. The number of benzene rings is 2. The highest BCUT2D eigenvalue weighted by Gasteiger charge is 2.42. The molecular weight excluding hydrogens is 368 g/mol. The average molecular weight is 390 g/mol. The summed E-state index contributed by atoms with van der Waals surface area (Å²) in [6, 6.07) is 17.8. The zero-order chi connectivity index (χ0) is 20.0. The van der Waals surface area contributed by atoms with Crippen molar-refractivity contribution in [2.45, 2.75) is 25.6 Å². The number of furan rings is 1. The summed E-state index contributed by atoms with van der Waals surface area (Å²) < 4.78 is 23.2. The van der Waals surface area contributed by atoms with Gasteiger partial charge in [0.15, 0.2) is 11.5 Å². The molecule has 0 radical (unpaired) electrons. The zero-order valence-corrected chi connectivity index (χ0v) is 16.6. The second-order valence-corrected chi connectivity index (χ2v) is 7.18. The molecule has 0 spiro atoms. The van der Waals surface area contributed by atoms with E-state index in [1.807, 2.05) is 60.5 Å². The van der Waals surface area contributed by atoms with Crippen LogP contribution in [0.15, 0.2) is 64.1 Å². The Labute approximate surface area is 169 Å². The second-order valence-electron chi connectivity index (χ2n) is 7.18. The number of ether oxygens (including phenoxy) is 3. The summed E-state index contributed by atoms with van der Waals surface area (Å²) in [4.78, 5) is 0. The Hall–Kier alpha value is -3.41. The molecule has 0 unspecified atom stereocenters. The van der Waals surface area contributed by atoms with E-state index in [9.17, 15) is 0 Å². The fraction of sp³-hybridized carbons (Fsp3) is 0.261. The third kappa shape index (κ3) is 2.92. The Bertz CT molecular complexity index is 1070. The van der Waals surface area contributed by atoms with Crippen LogP contribution in [0.4, 0.5) is 0 Å². The highest BCUT2D eigenvalue weighted by atomic mass is 16.5. The molecule has 6 heteroatoms. The third-order valence-corrected chi connectivity index (χ3v) is 5.43. The van der Waals surface area contributed by atoms with Gasteiger partial charge in [-0.3, -0.25) is 0 Å². The molecule has 0 fully saturated rings. The summed E-state index contributed by atoms with van der Waals surface area (Å²) in [5.74, 6) is 3.97. The van der Waals surface area contributed by atoms with Crippen LogP contribution in [-0.4, -0.2) is 24.9 Å². The largest absolute Gasteiger partial charge is 0.497 e. The lowest BCUT2D eigenvalue weighted by Crippen LogP contribution is -2.33. The topological polar surface area (TPSA) is 56.4 Å². The van der Waals surface area contributed by atoms with E-state index < -0.39 is 0 Å². The molecule has 2 aliphatic heterocycles. The fourth-order valence-electron chi connectivity index (χ4n) is 3.97. The molecule has 0 bridgehead atoms. The van der Waals surface area contributed by atoms with Gasteiger partial charge in [0.05, 0.1) is 20.3 Å². The molecule has 0 N–H and O–H groups in total. The van der Waals surface area contributed by atoms with Gasteiger partial charge in [-0.25, -0.2) is 5.01 Å². The van der Waals surface area contributed by atoms with Crippen LogP contribution in [0.3, 0.4) is 0 Å². The Kier molecular flexibility index (Phi) is 4.19. The van der Waals surface area contributed by atoms with Crippen molar-refractivity contribution >= 4 is 5.71 Å². The van der Waals surface area contributed by atoms with Crippen LogP contribution in [0, 0.1) is 6.92 Å². The zero-order valence-electron chi connectivity index (χ0n) is 16.6. The van der Waals surface area contributed by atoms with Gasteiger partial charge in [-0.05, 0) is 49.4 Å². The van der Waals surface area contributed by atoms with E-state index in [0.29, 0.717) is 0 Å². The lowest BCUT2D eigenvalue weighted by Gasteiger charge is -2.38. The number of aryl methyl sites for hydroxylation is 1. The number of rotatable bonds is 4. The number of hydrogen-bond donors (Lipinski definition) is 0. The maximum absolute atomic E-state index is 6.44. The van der Waals surface area contributed by atoms with Crippen LogP contribution in [0.1, 0.15) is 41.3 Å². The average Bonchev–Trinajstić information content (AvgIpc) is 3.39. The minimum absolute atomic E-state index is 0.0429. The molecule has 0 saturated carbocycles. The van der Waals surface area contributed by atoms with Gasteiger partial charge in [0.2, 0.25) is 6.23 Å². The molecule has 0 aliphatic carbocycles. The van der Waals surface area contributed by atoms with Crippen LogP contribution in [0.25, 0.3) is 0 Å². The van der Waals surface area contributed by atoms with Crippen LogP contribution < -0.4 is 14.2 Å². The molecule has 2 aromatic carbocycles. The molecule has 0 saturated heterocycles. The van der Waals surface area contributed by atoms with Crippen molar-refractivity contribution in [3.63, 3.8) is 0 Å². The van der Waals surface area contributed by atoms with E-state index in [2.05, 4.69) is 6.07 Å². The van der Waals surface area contributed by atoms with Gasteiger partial charge >= 0.3 is 0 Å². The van der Waals surface area contributed by atoms with E-state index >= 15 is 0 Å². The van der Waals surface area contributed by atoms with Crippen molar-refractivity contribution in [3.05, 3.63) is 77.2 Å². The van der Waals surface area contributed by atoms with Crippen LogP contribution in [0.2, 0.25) is 0 Å². The Morgan fingerprint density at radius 3 is 2.52 bits per heavy atom. The van der Waals surface area contributed by atoms with E-state index in [4.69, 9.17) is 23.7 Å². The van der Waals surface area contributed by atoms with Crippen LogP contribution in [0.5, 0.6) is 17.2 Å². The lowest BCUT2D eigenvalue weighted by molar-refractivity contribution is -0.0209. The number of hydrogen-bond acceptors (Lipinski definition) is 6. The molecule has 2 atom stereocenters. The van der Waals surface area contributed by atoms with Crippen molar-refractivity contribution < 1.29 is 18.6 Å². The molecule has 148 valence electrons. The van der Waals surface area contributed by atoms with Crippen molar-refractivity contribution in [2.75, 3.05) is 14.2 Å². The highest BCUT2D eigenvalue weighted by Crippen LogP contribution is 2.50. The molecule has 29 heavy (non-hydrogen) atoms. The van der Waals surface area contributed by atoms with E-state index in [1.54, 1.807) is 14.2 Å². The summed E-state index contributed by atoms with van der Waals surface area (Å²) in [5, 5.41) is 6.93. The number of para-hydroxylation sites is 1. The van der Waals surface area contributed by atoms with Gasteiger partial charge in [-0.2, -0.15) is 5.10 Å². The van der Waals surface area contributed by atoms with E-state index in [0.717, 1.165) is 52.0 Å². The van der Waals surface area contributed by atoms with E-state index in [1.165, 1.54) is 0 Å². The number of methoxy groups -OCH3 is 2. The number of hydrazone groups is 1. The molecule has 3 aromatic rings. The maximum Gasteiger partial charge on any atom is 0.214 e. The fourth-order valence-corrected chi connectivity index (χ4v) is 3.97. The Morgan fingerprint density at radius 2 is 1.83 bits per heavy atom. The molecule has 3 heterocycles. The van der Waals surface area contributed by atoms with Gasteiger partial charge in [0, 0.05) is 17.5 Å². The summed E-state index contributed by atoms with van der Waals surface area (Å²) in [5.41, 5.74) is 2.98. The summed E-state index contributed by atoms with van der Waals surface area (Å²) in [6.45, 7) is 1.94. The highest BCUT2D eigenvalue weighted by molar-refractivity contribution is 5.99. The Balaban J connectivity index is 1.60. The molecular formula is C23H22N2O4. The predicted molar refractivity (Wildman–Crippen MR) is 109 cm³/mol. The standard InChI is InChI=1S/C23H22N2O4/c1-14-7-12-20(28-14)18-13-19-17-5-4-6-21(27-3)22(17)29-23(25(19)24-18)15-8-10-16(26-2)11-9-15/h4-12,19,23H,13H2,1-3H3/t19-,23-/m0/s1. The number of fused-ring (bicyclic) bond motifs is 3. The Morgan fingerprint density at radius 1 is 1.00 bits per heavy atom. The minimum atomic E-state index is -0.372. The van der Waals surface area contributed by atoms with Gasteiger partial charge in [-0.15, -0.1) is 0 Å². The number of nitrogens with zero attached hydrogens (tertiary/aromatic N) is 2. The smallest absolute Gasteiger partial charge is 0.214 e. The quantitative estimate of drug-likeness (QED) is 0.638. The molecule has 5 rings (SSSR count). The van der Waals surface area contributed by atoms with Crippen LogP contribution >= 0.6 is 0 Å². The lowest BCUT2D eigenvalue weighted by atomic mass is 9.97. The molecule has 6 nitrogen and oxygen atoms in total. The van der Waals surface area contributed by atoms with Crippen molar-refractivity contribution in [1.82, 2.24) is 5.01 Å². The summed E-state index contributed by atoms with van der Waals surface area (Å²) in [7, 11) is 3.32. The predicted octanol–water partition coefficient (Wildman–Crippen LogP) is 4.85. The van der Waals surface area contributed by atoms with E-state index in [-0.39, 0.29) is 12.3 Å². The molecule has 0 amide bonds. The van der Waals surface area contributed by atoms with Gasteiger partial charge in [0.1, 0.15) is 23.0 Å². The SMILES string of the molecule is COc1ccc([C@@H]2Oc3c(OC)cccc3[C@@H]3CC(c4ccc(C)o4)=NN32)cc1. The van der Waals surface area contributed by atoms with Crippen molar-refractivity contribution in [3.8, 4) is 17.2 Å². The first-order valence-corrected chi connectivity index (χ1v) is 9.58. The third-order valence-electron chi connectivity index (χ3n) is 5.43. The monoisotopic (exact) mass is 390 g/mol. The first kappa shape index (κ1) is 17.7. The van der Waals surface area contributed by atoms with Crippen molar-refractivity contribution in [2.24, 2.45) is 5.10 Å². The maximum atomic E-state index is 6.44. The summed E-state index contributed by atoms with van der Waals surface area (Å²) >= 11 is 0. The van der Waals surface area contributed by atoms with Crippen LogP contribution in [-0.2, 0) is 0 Å². The molecule has 1 aromatic heterocycles. The van der Waals surface area contributed by atoms with Gasteiger partial charge < -0.3 is 18.6 Å². The second kappa shape index (κ2) is 6.88. The van der Waals surface area contributed by atoms with Gasteiger partial charge in [-0.1, -0.05) is 12.1 Å².